The van der Waals surface area contributed by atoms with Gasteiger partial charge in [0.25, 0.3) is 0 Å². The van der Waals surface area contributed by atoms with Gasteiger partial charge in [0.1, 0.15) is 0 Å². The number of benzene rings is 2. The molecule has 0 amide bonds. The number of nitrogens with zero attached hydrogens (tertiary/aromatic N) is 1. The van der Waals surface area contributed by atoms with E-state index in [1.54, 1.807) is 0 Å². The molecule has 1 aliphatic heterocycles. The van der Waals surface area contributed by atoms with E-state index in [9.17, 15) is 0 Å². The predicted molar refractivity (Wildman–Crippen MR) is 87.5 cm³/mol. The van der Waals surface area contributed by atoms with Crippen molar-refractivity contribution in [1.29, 1.82) is 0 Å². The van der Waals surface area contributed by atoms with Crippen LogP contribution in [0, 0.1) is 0 Å². The topological polar surface area (TPSA) is 24.9 Å². The molecule has 0 saturated carbocycles. The molecule has 21 heavy (non-hydrogen) atoms. The van der Waals surface area contributed by atoms with Crippen LogP contribution in [0.2, 0.25) is 0 Å². The molecule has 0 saturated heterocycles. The van der Waals surface area contributed by atoms with Gasteiger partial charge in [0.05, 0.1) is 11.2 Å². The third-order valence-electron chi connectivity index (χ3n) is 4.22. The summed E-state index contributed by atoms with van der Waals surface area (Å²) in [6, 6.07) is 19.3. The summed E-state index contributed by atoms with van der Waals surface area (Å²) in [6.45, 7) is 2.14. The van der Waals surface area contributed by atoms with Gasteiger partial charge in [0.15, 0.2) is 0 Å². The molecule has 0 fully saturated rings. The number of fused-ring (bicyclic) bond motifs is 2. The van der Waals surface area contributed by atoms with Crippen LogP contribution in [0.4, 0.5) is 0 Å². The van der Waals surface area contributed by atoms with E-state index < -0.39 is 0 Å². The Balaban J connectivity index is 1.84. The van der Waals surface area contributed by atoms with Crippen molar-refractivity contribution in [3.8, 4) is 11.3 Å². The van der Waals surface area contributed by atoms with Crippen LogP contribution in [0.25, 0.3) is 22.2 Å². The molecular formula is C19H18N2. The number of hydrogen-bond donors (Lipinski definition) is 1. The molecule has 0 unspecified atom stereocenters. The maximum absolute atomic E-state index is 4.86. The summed E-state index contributed by atoms with van der Waals surface area (Å²) in [7, 11) is 0. The van der Waals surface area contributed by atoms with E-state index in [2.05, 4.69) is 53.8 Å². The standard InChI is InChI=1S/C19H18N2/c1-2-4-14(5-3-1)18-7-6-17-12-15-8-10-20-11-9-16(15)13-19(17)21-18/h1-7,12-13,20H,8-11H2. The Hall–Kier alpha value is -2.19. The van der Waals surface area contributed by atoms with Crippen LogP contribution in [-0.4, -0.2) is 18.1 Å². The van der Waals surface area contributed by atoms with Gasteiger partial charge in [-0.15, -0.1) is 0 Å². The molecule has 0 bridgehead atoms. The van der Waals surface area contributed by atoms with Crippen molar-refractivity contribution in [3.63, 3.8) is 0 Å². The summed E-state index contributed by atoms with van der Waals surface area (Å²) >= 11 is 0. The summed E-state index contributed by atoms with van der Waals surface area (Å²) < 4.78 is 0. The van der Waals surface area contributed by atoms with Crippen LogP contribution in [0.15, 0.2) is 54.6 Å². The first-order valence-corrected chi connectivity index (χ1v) is 7.59. The summed E-state index contributed by atoms with van der Waals surface area (Å²) in [5.41, 5.74) is 6.26. The fraction of sp³-hybridized carbons (Fsp3) is 0.211. The summed E-state index contributed by atoms with van der Waals surface area (Å²) in [6.07, 6.45) is 2.22. The van der Waals surface area contributed by atoms with Crippen molar-refractivity contribution >= 4 is 10.9 Å². The van der Waals surface area contributed by atoms with Gasteiger partial charge in [0.2, 0.25) is 0 Å². The molecule has 4 rings (SSSR count). The molecule has 0 spiro atoms. The van der Waals surface area contributed by atoms with Crippen molar-refractivity contribution < 1.29 is 0 Å². The molecule has 2 nitrogen and oxygen atoms in total. The molecule has 0 radical (unpaired) electrons. The Morgan fingerprint density at radius 1 is 0.810 bits per heavy atom. The molecule has 2 heterocycles. The Kier molecular flexibility index (Phi) is 3.17. The lowest BCUT2D eigenvalue weighted by Crippen LogP contribution is -2.16. The largest absolute Gasteiger partial charge is 0.316 e. The molecule has 1 N–H and O–H groups in total. The number of pyridine rings is 1. The molecule has 0 aliphatic carbocycles. The minimum Gasteiger partial charge on any atom is -0.316 e. The van der Waals surface area contributed by atoms with Crippen molar-refractivity contribution in [2.24, 2.45) is 0 Å². The second kappa shape index (κ2) is 5.30. The van der Waals surface area contributed by atoms with Crippen LogP contribution < -0.4 is 5.32 Å². The normalized spacial score (nSPS) is 14.7. The van der Waals surface area contributed by atoms with E-state index in [4.69, 9.17) is 4.98 Å². The fourth-order valence-electron chi connectivity index (χ4n) is 3.07. The van der Waals surface area contributed by atoms with Gasteiger partial charge in [-0.3, -0.25) is 0 Å². The molecule has 2 heteroatoms. The van der Waals surface area contributed by atoms with Crippen LogP contribution >= 0.6 is 0 Å². The first-order chi connectivity index (χ1) is 10.4. The zero-order valence-corrected chi connectivity index (χ0v) is 12.0. The predicted octanol–water partition coefficient (Wildman–Crippen LogP) is 3.59. The Morgan fingerprint density at radius 3 is 2.38 bits per heavy atom. The average Bonchev–Trinajstić information content (AvgIpc) is 2.78. The fourth-order valence-corrected chi connectivity index (χ4v) is 3.07. The van der Waals surface area contributed by atoms with Crippen molar-refractivity contribution in [1.82, 2.24) is 10.3 Å². The van der Waals surface area contributed by atoms with E-state index >= 15 is 0 Å². The van der Waals surface area contributed by atoms with Crippen LogP contribution in [0.3, 0.4) is 0 Å². The van der Waals surface area contributed by atoms with E-state index in [1.165, 1.54) is 22.1 Å². The van der Waals surface area contributed by atoms with Crippen LogP contribution in [0.1, 0.15) is 11.1 Å². The Morgan fingerprint density at radius 2 is 1.57 bits per heavy atom. The lowest BCUT2D eigenvalue weighted by molar-refractivity contribution is 0.711. The monoisotopic (exact) mass is 274 g/mol. The first-order valence-electron chi connectivity index (χ1n) is 7.59. The van der Waals surface area contributed by atoms with Crippen LogP contribution in [0.5, 0.6) is 0 Å². The van der Waals surface area contributed by atoms with Crippen LogP contribution in [-0.2, 0) is 12.8 Å². The maximum Gasteiger partial charge on any atom is 0.0712 e. The molecular weight excluding hydrogens is 256 g/mol. The zero-order chi connectivity index (χ0) is 14.1. The minimum absolute atomic E-state index is 1.05. The van der Waals surface area contributed by atoms with E-state index in [0.29, 0.717) is 0 Å². The van der Waals surface area contributed by atoms with Gasteiger partial charge in [-0.1, -0.05) is 36.4 Å². The molecule has 3 aromatic rings. The highest BCUT2D eigenvalue weighted by molar-refractivity contribution is 5.83. The molecule has 1 aromatic heterocycles. The van der Waals surface area contributed by atoms with Gasteiger partial charge < -0.3 is 5.32 Å². The SMILES string of the molecule is c1ccc(-c2ccc3cc4c(cc3n2)CCNCC4)cc1. The Labute approximate surface area is 124 Å². The third-order valence-corrected chi connectivity index (χ3v) is 4.22. The van der Waals surface area contributed by atoms with E-state index in [1.807, 2.05) is 6.07 Å². The average molecular weight is 274 g/mol. The van der Waals surface area contributed by atoms with Crippen molar-refractivity contribution in [3.05, 3.63) is 65.7 Å². The van der Waals surface area contributed by atoms with E-state index in [-0.39, 0.29) is 0 Å². The number of aromatic nitrogens is 1. The lowest BCUT2D eigenvalue weighted by Gasteiger charge is -2.09. The zero-order valence-electron chi connectivity index (χ0n) is 12.0. The highest BCUT2D eigenvalue weighted by Crippen LogP contribution is 2.24. The minimum atomic E-state index is 1.05. The van der Waals surface area contributed by atoms with E-state index in [0.717, 1.165) is 37.1 Å². The second-order valence-electron chi connectivity index (χ2n) is 5.63. The third kappa shape index (κ3) is 2.43. The highest BCUT2D eigenvalue weighted by atomic mass is 14.8. The summed E-state index contributed by atoms with van der Waals surface area (Å²) in [4.78, 5) is 4.86. The second-order valence-corrected chi connectivity index (χ2v) is 5.63. The smallest absolute Gasteiger partial charge is 0.0712 e. The molecule has 1 aliphatic rings. The molecule has 2 aromatic carbocycles. The summed E-state index contributed by atoms with van der Waals surface area (Å²) in [5, 5.41) is 4.71. The van der Waals surface area contributed by atoms with Gasteiger partial charge in [-0.05, 0) is 55.3 Å². The lowest BCUT2D eigenvalue weighted by atomic mass is 9.99. The van der Waals surface area contributed by atoms with Gasteiger partial charge in [-0.25, -0.2) is 4.98 Å². The van der Waals surface area contributed by atoms with Gasteiger partial charge in [-0.2, -0.15) is 0 Å². The van der Waals surface area contributed by atoms with Crippen molar-refractivity contribution in [2.75, 3.05) is 13.1 Å². The quantitative estimate of drug-likeness (QED) is 0.733. The first kappa shape index (κ1) is 12.5. The maximum atomic E-state index is 4.86. The number of hydrogen-bond acceptors (Lipinski definition) is 2. The molecule has 0 atom stereocenters. The Bertz CT molecular complexity index is 778. The molecule has 104 valence electrons. The van der Waals surface area contributed by atoms with Crippen molar-refractivity contribution in [2.45, 2.75) is 12.8 Å². The highest BCUT2D eigenvalue weighted by Gasteiger charge is 2.10. The number of nitrogens with one attached hydrogen (secondary N) is 1. The summed E-state index contributed by atoms with van der Waals surface area (Å²) in [5.74, 6) is 0. The number of rotatable bonds is 1. The van der Waals surface area contributed by atoms with Gasteiger partial charge in [0, 0.05) is 10.9 Å². The van der Waals surface area contributed by atoms with Gasteiger partial charge >= 0.3 is 0 Å².